The number of aromatic nitrogens is 2. The Labute approximate surface area is 165 Å². The quantitative estimate of drug-likeness (QED) is 0.677. The number of nitrogens with zero attached hydrogens (tertiary/aromatic N) is 3. The van der Waals surface area contributed by atoms with Crippen molar-refractivity contribution in [1.82, 2.24) is 9.78 Å². The van der Waals surface area contributed by atoms with Gasteiger partial charge in [-0.25, -0.2) is 4.68 Å². The van der Waals surface area contributed by atoms with E-state index in [-0.39, 0.29) is 5.56 Å². The molecular weight excluding hydrogens is 350 g/mol. The highest BCUT2D eigenvalue weighted by Crippen LogP contribution is 2.30. The number of hydrogen-bond donors (Lipinski definition) is 0. The molecule has 0 N–H and O–H groups in total. The van der Waals surface area contributed by atoms with Gasteiger partial charge in [0.2, 0.25) is 0 Å². The van der Waals surface area contributed by atoms with Crippen LogP contribution >= 0.6 is 0 Å². The molecule has 1 aliphatic heterocycles. The lowest BCUT2D eigenvalue weighted by molar-refractivity contribution is 0.415. The smallest absolute Gasteiger partial charge is 0.269 e. The van der Waals surface area contributed by atoms with Crippen molar-refractivity contribution in [3.05, 3.63) is 76.6 Å². The molecular formula is C23H25N3O2. The Morgan fingerprint density at radius 1 is 0.964 bits per heavy atom. The summed E-state index contributed by atoms with van der Waals surface area (Å²) in [6.07, 6.45) is 3.54. The normalized spacial score (nSPS) is 14.1. The maximum absolute atomic E-state index is 12.8. The van der Waals surface area contributed by atoms with Crippen LogP contribution in [-0.4, -0.2) is 30.0 Å². The zero-order valence-corrected chi connectivity index (χ0v) is 16.2. The Bertz CT molecular complexity index is 975. The van der Waals surface area contributed by atoms with Gasteiger partial charge < -0.3 is 9.64 Å². The predicted octanol–water partition coefficient (Wildman–Crippen LogP) is 3.96. The van der Waals surface area contributed by atoms with Crippen molar-refractivity contribution < 1.29 is 4.74 Å². The number of benzene rings is 2. The standard InChI is InChI=1S/C23H25N3O2/c1-28-20-12-10-19(11-13-20)23-21(25-14-6-3-7-15-25)16-22(27)26(24-23)17-18-8-4-2-5-9-18/h2,4-5,8-13,16H,3,6-7,14-15,17H2,1H3. The molecule has 4 rings (SSSR count). The summed E-state index contributed by atoms with van der Waals surface area (Å²) in [5.74, 6) is 0.806. The van der Waals surface area contributed by atoms with Crippen LogP contribution in [0.3, 0.4) is 0 Å². The number of ether oxygens (including phenoxy) is 1. The second-order valence-corrected chi connectivity index (χ2v) is 7.14. The maximum atomic E-state index is 12.8. The van der Waals surface area contributed by atoms with E-state index in [0.717, 1.165) is 54.2 Å². The molecule has 2 heterocycles. The van der Waals surface area contributed by atoms with E-state index in [1.807, 2.05) is 54.6 Å². The van der Waals surface area contributed by atoms with Crippen LogP contribution in [0.5, 0.6) is 5.75 Å². The number of methoxy groups -OCH3 is 1. The van der Waals surface area contributed by atoms with Gasteiger partial charge in [-0.2, -0.15) is 5.10 Å². The van der Waals surface area contributed by atoms with Gasteiger partial charge in [0.25, 0.3) is 5.56 Å². The van der Waals surface area contributed by atoms with Crippen LogP contribution in [-0.2, 0) is 6.54 Å². The van der Waals surface area contributed by atoms with Crippen LogP contribution in [0.15, 0.2) is 65.5 Å². The maximum Gasteiger partial charge on any atom is 0.269 e. The molecule has 0 unspecified atom stereocenters. The highest BCUT2D eigenvalue weighted by atomic mass is 16.5. The number of hydrogen-bond acceptors (Lipinski definition) is 4. The average Bonchev–Trinajstić information content (AvgIpc) is 2.76. The molecule has 5 nitrogen and oxygen atoms in total. The third-order valence-corrected chi connectivity index (χ3v) is 5.21. The summed E-state index contributed by atoms with van der Waals surface area (Å²) in [5.41, 5.74) is 3.76. The Morgan fingerprint density at radius 3 is 2.36 bits per heavy atom. The lowest BCUT2D eigenvalue weighted by Crippen LogP contribution is -2.33. The van der Waals surface area contributed by atoms with Crippen molar-refractivity contribution in [3.63, 3.8) is 0 Å². The van der Waals surface area contributed by atoms with Crippen LogP contribution < -0.4 is 15.2 Å². The molecule has 0 aliphatic carbocycles. The Balaban J connectivity index is 1.78. The fraction of sp³-hybridized carbons (Fsp3) is 0.304. The second kappa shape index (κ2) is 8.30. The van der Waals surface area contributed by atoms with Crippen molar-refractivity contribution in [2.75, 3.05) is 25.1 Å². The number of piperidine rings is 1. The molecule has 3 aromatic rings. The molecule has 1 fully saturated rings. The minimum atomic E-state index is -0.0679. The van der Waals surface area contributed by atoms with E-state index in [1.165, 1.54) is 6.42 Å². The molecule has 1 aliphatic rings. The highest BCUT2D eigenvalue weighted by Gasteiger charge is 2.19. The van der Waals surface area contributed by atoms with E-state index >= 15 is 0 Å². The monoisotopic (exact) mass is 375 g/mol. The van der Waals surface area contributed by atoms with Crippen LogP contribution in [0.2, 0.25) is 0 Å². The van der Waals surface area contributed by atoms with Gasteiger partial charge in [0.1, 0.15) is 11.4 Å². The van der Waals surface area contributed by atoms with Crippen molar-refractivity contribution in [1.29, 1.82) is 0 Å². The first-order chi connectivity index (χ1) is 13.7. The van der Waals surface area contributed by atoms with E-state index in [1.54, 1.807) is 17.9 Å². The Morgan fingerprint density at radius 2 is 1.68 bits per heavy atom. The molecule has 0 atom stereocenters. The van der Waals surface area contributed by atoms with Crippen LogP contribution in [0.4, 0.5) is 5.69 Å². The van der Waals surface area contributed by atoms with Crippen molar-refractivity contribution in [2.24, 2.45) is 0 Å². The van der Waals surface area contributed by atoms with Gasteiger partial charge in [0.05, 0.1) is 19.3 Å². The molecule has 5 heteroatoms. The first-order valence-electron chi connectivity index (χ1n) is 9.80. The molecule has 28 heavy (non-hydrogen) atoms. The first-order valence-corrected chi connectivity index (χ1v) is 9.80. The zero-order chi connectivity index (χ0) is 19.3. The third kappa shape index (κ3) is 3.93. The Kier molecular flexibility index (Phi) is 5.42. The molecule has 0 amide bonds. The number of anilines is 1. The minimum absolute atomic E-state index is 0.0679. The zero-order valence-electron chi connectivity index (χ0n) is 16.2. The van der Waals surface area contributed by atoms with E-state index in [9.17, 15) is 4.79 Å². The van der Waals surface area contributed by atoms with Crippen LogP contribution in [0.25, 0.3) is 11.3 Å². The van der Waals surface area contributed by atoms with Gasteiger partial charge >= 0.3 is 0 Å². The summed E-state index contributed by atoms with van der Waals surface area (Å²) in [5, 5.41) is 4.79. The number of rotatable bonds is 5. The van der Waals surface area contributed by atoms with E-state index in [4.69, 9.17) is 9.84 Å². The van der Waals surface area contributed by atoms with Crippen LogP contribution in [0.1, 0.15) is 24.8 Å². The molecule has 0 bridgehead atoms. The van der Waals surface area contributed by atoms with Crippen molar-refractivity contribution >= 4 is 5.69 Å². The average molecular weight is 375 g/mol. The van der Waals surface area contributed by atoms with Gasteiger partial charge in [0, 0.05) is 24.7 Å². The first kappa shape index (κ1) is 18.3. The molecule has 2 aromatic carbocycles. The van der Waals surface area contributed by atoms with Gasteiger partial charge in [-0.05, 0) is 49.1 Å². The van der Waals surface area contributed by atoms with Gasteiger partial charge in [-0.1, -0.05) is 30.3 Å². The van der Waals surface area contributed by atoms with Gasteiger partial charge in [-0.3, -0.25) is 4.79 Å². The molecule has 1 saturated heterocycles. The van der Waals surface area contributed by atoms with Crippen molar-refractivity contribution in [2.45, 2.75) is 25.8 Å². The molecule has 0 saturated carbocycles. The van der Waals surface area contributed by atoms with Crippen LogP contribution in [0, 0.1) is 0 Å². The summed E-state index contributed by atoms with van der Waals surface area (Å²) in [4.78, 5) is 15.1. The topological polar surface area (TPSA) is 47.4 Å². The predicted molar refractivity (Wildman–Crippen MR) is 112 cm³/mol. The minimum Gasteiger partial charge on any atom is -0.497 e. The highest BCUT2D eigenvalue weighted by molar-refractivity contribution is 5.75. The summed E-state index contributed by atoms with van der Waals surface area (Å²) >= 11 is 0. The lowest BCUT2D eigenvalue weighted by Gasteiger charge is -2.30. The van der Waals surface area contributed by atoms with E-state index < -0.39 is 0 Å². The fourth-order valence-corrected chi connectivity index (χ4v) is 3.68. The fourth-order valence-electron chi connectivity index (χ4n) is 3.68. The molecule has 144 valence electrons. The van der Waals surface area contributed by atoms with Crippen molar-refractivity contribution in [3.8, 4) is 17.0 Å². The van der Waals surface area contributed by atoms with Gasteiger partial charge in [0.15, 0.2) is 0 Å². The largest absolute Gasteiger partial charge is 0.497 e. The third-order valence-electron chi connectivity index (χ3n) is 5.21. The summed E-state index contributed by atoms with van der Waals surface area (Å²) in [7, 11) is 1.66. The van der Waals surface area contributed by atoms with E-state index in [2.05, 4.69) is 4.90 Å². The van der Waals surface area contributed by atoms with E-state index in [0.29, 0.717) is 6.54 Å². The summed E-state index contributed by atoms with van der Waals surface area (Å²) in [6.45, 7) is 2.39. The van der Waals surface area contributed by atoms with Gasteiger partial charge in [-0.15, -0.1) is 0 Å². The molecule has 1 aromatic heterocycles. The Hall–Kier alpha value is -3.08. The summed E-state index contributed by atoms with van der Waals surface area (Å²) in [6, 6.07) is 19.6. The SMILES string of the molecule is COc1ccc(-c2nn(Cc3ccccc3)c(=O)cc2N2CCCCC2)cc1. The second-order valence-electron chi connectivity index (χ2n) is 7.14. The lowest BCUT2D eigenvalue weighted by atomic mass is 10.1. The summed E-state index contributed by atoms with van der Waals surface area (Å²) < 4.78 is 6.85. The molecule has 0 spiro atoms. The molecule has 0 radical (unpaired) electrons.